The molecule has 0 nitrogen and oxygen atoms in total. The Morgan fingerprint density at radius 1 is 1.05 bits per heavy atom. The molecule has 0 unspecified atom stereocenters. The lowest BCUT2D eigenvalue weighted by molar-refractivity contribution is 0.440. The third-order valence-electron chi connectivity index (χ3n) is 4.54. The highest BCUT2D eigenvalue weighted by atomic mass is 14.2. The predicted octanol–water partition coefficient (Wildman–Crippen LogP) is 6.05. The first kappa shape index (κ1) is 14.6. The van der Waals surface area contributed by atoms with Crippen LogP contribution in [0.25, 0.3) is 0 Å². The van der Waals surface area contributed by atoms with Gasteiger partial charge in [-0.15, -0.1) is 0 Å². The van der Waals surface area contributed by atoms with E-state index in [0.29, 0.717) is 0 Å². The summed E-state index contributed by atoms with van der Waals surface area (Å²) >= 11 is 0. The molecule has 0 heteroatoms. The number of hydrogen-bond donors (Lipinski definition) is 0. The zero-order valence-corrected chi connectivity index (χ0v) is 12.6. The Bertz CT molecular complexity index is 347. The number of unbranched alkanes of at least 4 members (excludes halogenated alkanes) is 4. The summed E-state index contributed by atoms with van der Waals surface area (Å²) in [5, 5.41) is 0. The summed E-state index contributed by atoms with van der Waals surface area (Å²) in [4.78, 5) is 0. The zero-order valence-electron chi connectivity index (χ0n) is 12.6. The largest absolute Gasteiger partial charge is 0.0654 e. The highest BCUT2D eigenvalue weighted by molar-refractivity contribution is 5.29. The van der Waals surface area contributed by atoms with E-state index in [2.05, 4.69) is 31.2 Å². The van der Waals surface area contributed by atoms with Crippen molar-refractivity contribution in [2.24, 2.45) is 0 Å². The van der Waals surface area contributed by atoms with E-state index in [4.69, 9.17) is 0 Å². The fraction of sp³-hybridized carbons (Fsp3) is 0.684. The van der Waals surface area contributed by atoms with Crippen LogP contribution >= 0.6 is 0 Å². The van der Waals surface area contributed by atoms with Crippen molar-refractivity contribution in [3.05, 3.63) is 35.4 Å². The number of aryl methyl sites for hydroxylation is 1. The Morgan fingerprint density at radius 2 is 1.84 bits per heavy atom. The van der Waals surface area contributed by atoms with Crippen LogP contribution in [0.15, 0.2) is 18.2 Å². The SMILES string of the molecule is CCCCCCCc1ccc[c]c1C1CCCCC1. The Morgan fingerprint density at radius 3 is 2.63 bits per heavy atom. The topological polar surface area (TPSA) is 0 Å². The van der Waals surface area contributed by atoms with E-state index in [1.165, 1.54) is 70.6 Å². The molecule has 1 aromatic rings. The van der Waals surface area contributed by atoms with Gasteiger partial charge in [-0.1, -0.05) is 70.1 Å². The monoisotopic (exact) mass is 257 g/mol. The van der Waals surface area contributed by atoms with Gasteiger partial charge in [-0.3, -0.25) is 0 Å². The predicted molar refractivity (Wildman–Crippen MR) is 83.6 cm³/mol. The summed E-state index contributed by atoms with van der Waals surface area (Å²) in [6, 6.07) is 10.2. The molecule has 0 bridgehead atoms. The van der Waals surface area contributed by atoms with Gasteiger partial charge in [0, 0.05) is 0 Å². The summed E-state index contributed by atoms with van der Waals surface area (Å²) in [5.74, 6) is 0.806. The molecule has 19 heavy (non-hydrogen) atoms. The van der Waals surface area contributed by atoms with Crippen molar-refractivity contribution >= 4 is 0 Å². The van der Waals surface area contributed by atoms with Crippen molar-refractivity contribution < 1.29 is 0 Å². The molecule has 105 valence electrons. The highest BCUT2D eigenvalue weighted by Crippen LogP contribution is 2.34. The molecule has 1 fully saturated rings. The first-order valence-electron chi connectivity index (χ1n) is 8.41. The fourth-order valence-corrected chi connectivity index (χ4v) is 3.39. The summed E-state index contributed by atoms with van der Waals surface area (Å²) in [6.07, 6.45) is 15.2. The molecule has 0 atom stereocenters. The van der Waals surface area contributed by atoms with Gasteiger partial charge in [0.2, 0.25) is 0 Å². The first-order valence-corrected chi connectivity index (χ1v) is 8.41. The molecule has 0 aromatic heterocycles. The van der Waals surface area contributed by atoms with Crippen LogP contribution in [0.2, 0.25) is 0 Å². The molecule has 0 spiro atoms. The molecule has 0 aliphatic heterocycles. The summed E-state index contributed by atoms with van der Waals surface area (Å²) in [5.41, 5.74) is 3.14. The third-order valence-corrected chi connectivity index (χ3v) is 4.54. The summed E-state index contributed by atoms with van der Waals surface area (Å²) in [6.45, 7) is 2.29. The molecule has 1 aliphatic carbocycles. The average molecular weight is 257 g/mol. The molecule has 1 saturated carbocycles. The lowest BCUT2D eigenvalue weighted by Crippen LogP contribution is -2.07. The standard InChI is InChI=1S/C19H29/c1-2-3-4-5-7-12-18-15-10-11-16-19(18)17-13-8-6-9-14-17/h10-11,15,17H,2-9,12-14H2,1H3. The Labute approximate surface area is 119 Å². The van der Waals surface area contributed by atoms with Gasteiger partial charge < -0.3 is 0 Å². The van der Waals surface area contributed by atoms with Gasteiger partial charge in [0.05, 0.1) is 0 Å². The maximum absolute atomic E-state index is 3.56. The second-order valence-electron chi connectivity index (χ2n) is 6.11. The minimum absolute atomic E-state index is 0.806. The van der Waals surface area contributed by atoms with Crippen molar-refractivity contribution in [3.63, 3.8) is 0 Å². The maximum atomic E-state index is 3.56. The second kappa shape index (κ2) is 8.40. The number of hydrogen-bond acceptors (Lipinski definition) is 0. The van der Waals surface area contributed by atoms with E-state index in [0.717, 1.165) is 5.92 Å². The van der Waals surface area contributed by atoms with Crippen molar-refractivity contribution in [1.82, 2.24) is 0 Å². The minimum atomic E-state index is 0.806. The van der Waals surface area contributed by atoms with Crippen LogP contribution in [0.4, 0.5) is 0 Å². The van der Waals surface area contributed by atoms with Gasteiger partial charge in [0.25, 0.3) is 0 Å². The normalized spacial score (nSPS) is 16.7. The lowest BCUT2D eigenvalue weighted by atomic mass is 9.81. The molecule has 1 aliphatic rings. The van der Waals surface area contributed by atoms with Gasteiger partial charge in [0.15, 0.2) is 0 Å². The van der Waals surface area contributed by atoms with E-state index < -0.39 is 0 Å². The van der Waals surface area contributed by atoms with Crippen molar-refractivity contribution in [3.8, 4) is 0 Å². The summed E-state index contributed by atoms with van der Waals surface area (Å²) < 4.78 is 0. The lowest BCUT2D eigenvalue weighted by Gasteiger charge is -2.24. The second-order valence-corrected chi connectivity index (χ2v) is 6.11. The van der Waals surface area contributed by atoms with E-state index in [1.54, 1.807) is 11.1 Å². The Balaban J connectivity index is 1.88. The van der Waals surface area contributed by atoms with Crippen LogP contribution in [0.3, 0.4) is 0 Å². The Kier molecular flexibility index (Phi) is 6.47. The zero-order chi connectivity index (χ0) is 13.3. The average Bonchev–Trinajstić information content (AvgIpc) is 2.48. The van der Waals surface area contributed by atoms with E-state index in [1.807, 2.05) is 0 Å². The van der Waals surface area contributed by atoms with Crippen LogP contribution in [0.1, 0.15) is 88.2 Å². The smallest absolute Gasteiger partial charge is 0.0143 e. The van der Waals surface area contributed by atoms with E-state index >= 15 is 0 Å². The Hall–Kier alpha value is -0.780. The van der Waals surface area contributed by atoms with Crippen molar-refractivity contribution in [2.45, 2.75) is 83.5 Å². The summed E-state index contributed by atoms with van der Waals surface area (Å²) in [7, 11) is 0. The molecule has 0 heterocycles. The van der Waals surface area contributed by atoms with Gasteiger partial charge in [-0.2, -0.15) is 0 Å². The van der Waals surface area contributed by atoms with Crippen LogP contribution < -0.4 is 0 Å². The van der Waals surface area contributed by atoms with E-state index in [-0.39, 0.29) is 0 Å². The maximum Gasteiger partial charge on any atom is -0.0143 e. The highest BCUT2D eigenvalue weighted by Gasteiger charge is 2.17. The molecule has 2 rings (SSSR count). The van der Waals surface area contributed by atoms with Gasteiger partial charge in [-0.25, -0.2) is 0 Å². The minimum Gasteiger partial charge on any atom is -0.0654 e. The molecule has 1 radical (unpaired) electrons. The van der Waals surface area contributed by atoms with Crippen molar-refractivity contribution in [1.29, 1.82) is 0 Å². The van der Waals surface area contributed by atoms with Gasteiger partial charge >= 0.3 is 0 Å². The third kappa shape index (κ3) is 4.67. The molecule has 1 aromatic carbocycles. The van der Waals surface area contributed by atoms with Crippen LogP contribution in [-0.4, -0.2) is 0 Å². The molecule has 0 amide bonds. The molecule has 0 saturated heterocycles. The molecular weight excluding hydrogens is 228 g/mol. The van der Waals surface area contributed by atoms with Crippen LogP contribution in [0, 0.1) is 6.07 Å². The van der Waals surface area contributed by atoms with Gasteiger partial charge in [0.1, 0.15) is 0 Å². The first-order chi connectivity index (χ1) is 9.42. The molecule has 0 N–H and O–H groups in total. The van der Waals surface area contributed by atoms with Crippen LogP contribution in [-0.2, 0) is 6.42 Å². The molecular formula is C19H29. The quantitative estimate of drug-likeness (QED) is 0.522. The number of benzene rings is 1. The van der Waals surface area contributed by atoms with Crippen molar-refractivity contribution in [2.75, 3.05) is 0 Å². The van der Waals surface area contributed by atoms with E-state index in [9.17, 15) is 0 Å². The fourth-order valence-electron chi connectivity index (χ4n) is 3.39. The number of rotatable bonds is 7. The van der Waals surface area contributed by atoms with Crippen LogP contribution in [0.5, 0.6) is 0 Å². The van der Waals surface area contributed by atoms with Gasteiger partial charge in [-0.05, 0) is 48.8 Å².